The van der Waals surface area contributed by atoms with Crippen LogP contribution in [-0.4, -0.2) is 103 Å². The van der Waals surface area contributed by atoms with Crippen LogP contribution < -0.4 is 25.8 Å². The fraction of sp³-hybridized carbons (Fsp3) is 0.365. The third kappa shape index (κ3) is 11.6. The van der Waals surface area contributed by atoms with Gasteiger partial charge in [-0.05, 0) is 80.8 Å². The van der Waals surface area contributed by atoms with Gasteiger partial charge in [-0.3, -0.25) is 14.2 Å². The summed E-state index contributed by atoms with van der Waals surface area (Å²) in [6.07, 6.45) is -7.25. The van der Waals surface area contributed by atoms with E-state index >= 15 is 0 Å². The number of carbonyl (C=O) groups is 2. The van der Waals surface area contributed by atoms with Gasteiger partial charge in [-0.1, -0.05) is 84.6 Å². The largest absolute Gasteiger partial charge is 0.497 e. The number of aromatic nitrogens is 2. The molecule has 2 bridgehead atoms. The van der Waals surface area contributed by atoms with E-state index in [9.17, 15) is 32.8 Å². The molecular weight excluding hydrogens is 957 g/mol. The number of nitriles is 1. The Hall–Kier alpha value is -6.67. The smallest absolute Gasteiger partial charge is 0.471 e. The Morgan fingerprint density at radius 3 is 2.04 bits per heavy atom. The minimum atomic E-state index is -5.16. The summed E-state index contributed by atoms with van der Waals surface area (Å²) in [6, 6.07) is 34.4. The van der Waals surface area contributed by atoms with Crippen molar-refractivity contribution in [1.82, 2.24) is 19.5 Å². The zero-order chi connectivity index (χ0) is 51.6. The number of fused-ring (bicyclic) bond motifs is 2. The molecule has 0 aliphatic carbocycles. The number of benzene rings is 4. The SMILES string of the molecule is COc1ccc(C(OC[C@@]23CO[C@@H]([C@H](n4cc(C#CCNC(=O)C(F)(F)F)c(NC(=O)c5ccccc5)nc4=O)O2)[C@@H]3OP(OCCC#N)N(C(C)C)C(C)C)(c2ccccc2)c2ccc(OC)cc2)cc1. The highest BCUT2D eigenvalue weighted by Gasteiger charge is 2.65. The fourth-order valence-corrected chi connectivity index (χ4v) is 10.4. The lowest BCUT2D eigenvalue weighted by Gasteiger charge is -2.41. The van der Waals surface area contributed by atoms with Gasteiger partial charge in [-0.2, -0.15) is 23.4 Å². The minimum Gasteiger partial charge on any atom is -0.497 e. The van der Waals surface area contributed by atoms with Gasteiger partial charge in [-0.25, -0.2) is 9.46 Å². The van der Waals surface area contributed by atoms with Crippen molar-refractivity contribution in [1.29, 1.82) is 5.26 Å². The van der Waals surface area contributed by atoms with Crippen LogP contribution in [0.4, 0.5) is 19.0 Å². The second-order valence-electron chi connectivity index (χ2n) is 17.2. The van der Waals surface area contributed by atoms with Crippen molar-refractivity contribution in [3.05, 3.63) is 154 Å². The number of halogens is 3. The van der Waals surface area contributed by atoms with Crippen molar-refractivity contribution in [3.8, 4) is 29.4 Å². The summed E-state index contributed by atoms with van der Waals surface area (Å²) < 4.78 is 87.9. The van der Waals surface area contributed by atoms with Gasteiger partial charge in [0, 0.05) is 23.8 Å². The summed E-state index contributed by atoms with van der Waals surface area (Å²) >= 11 is 0. The van der Waals surface area contributed by atoms with Crippen LogP contribution in [0.25, 0.3) is 0 Å². The molecule has 16 nitrogen and oxygen atoms in total. The molecule has 72 heavy (non-hydrogen) atoms. The average Bonchev–Trinajstić information content (AvgIpc) is 3.87. The summed E-state index contributed by atoms with van der Waals surface area (Å²) in [5, 5.41) is 13.8. The first-order valence-corrected chi connectivity index (χ1v) is 24.0. The Bertz CT molecular complexity index is 2770. The van der Waals surface area contributed by atoms with E-state index in [0.29, 0.717) is 11.5 Å². The fourth-order valence-electron chi connectivity index (χ4n) is 8.54. The minimum absolute atomic E-state index is 0.0429. The topological polar surface area (TPSA) is 185 Å². The summed E-state index contributed by atoms with van der Waals surface area (Å²) in [5.74, 6) is 3.18. The molecule has 0 spiro atoms. The van der Waals surface area contributed by atoms with E-state index < -0.39 is 68.4 Å². The van der Waals surface area contributed by atoms with Gasteiger partial charge in [0.25, 0.3) is 14.4 Å². The van der Waals surface area contributed by atoms with E-state index in [4.69, 9.17) is 32.7 Å². The maximum absolute atomic E-state index is 14.4. The first kappa shape index (κ1) is 53.1. The number of nitrogens with one attached hydrogen (secondary N) is 2. The third-order valence-electron chi connectivity index (χ3n) is 11.9. The lowest BCUT2D eigenvalue weighted by molar-refractivity contribution is -0.203. The Morgan fingerprint density at radius 2 is 1.49 bits per heavy atom. The number of rotatable bonds is 20. The molecule has 7 rings (SSSR count). The number of anilines is 1. The van der Waals surface area contributed by atoms with Gasteiger partial charge in [0.05, 0.1) is 58.6 Å². The van der Waals surface area contributed by atoms with Gasteiger partial charge in [0.2, 0.25) is 0 Å². The molecule has 3 heterocycles. The number of alkyl halides is 3. The molecule has 378 valence electrons. The predicted octanol–water partition coefficient (Wildman–Crippen LogP) is 7.88. The highest BCUT2D eigenvalue weighted by molar-refractivity contribution is 7.44. The molecular formula is C52H54F3N6O10P. The number of ether oxygens (including phenoxy) is 5. The van der Waals surface area contributed by atoms with Crippen molar-refractivity contribution >= 4 is 26.2 Å². The lowest BCUT2D eigenvalue weighted by atomic mass is 9.79. The number of nitrogens with zero attached hydrogens (tertiary/aromatic N) is 4. The van der Waals surface area contributed by atoms with Crippen LogP contribution >= 0.6 is 8.53 Å². The van der Waals surface area contributed by atoms with Crippen LogP contribution in [0.2, 0.25) is 0 Å². The number of hydrogen-bond acceptors (Lipinski definition) is 13. The van der Waals surface area contributed by atoms with Gasteiger partial charge in [-0.15, -0.1) is 0 Å². The summed E-state index contributed by atoms with van der Waals surface area (Å²) in [5.41, 5.74) is -1.49. The van der Waals surface area contributed by atoms with Gasteiger partial charge in [0.15, 0.2) is 12.0 Å². The van der Waals surface area contributed by atoms with Crippen molar-refractivity contribution in [2.24, 2.45) is 0 Å². The van der Waals surface area contributed by atoms with Crippen molar-refractivity contribution < 1.29 is 55.5 Å². The second-order valence-corrected chi connectivity index (χ2v) is 18.6. The Morgan fingerprint density at radius 1 is 0.903 bits per heavy atom. The van der Waals surface area contributed by atoms with Crippen molar-refractivity contribution in [2.45, 2.75) is 82.0 Å². The van der Waals surface area contributed by atoms with Crippen LogP contribution in [0.15, 0.2) is 120 Å². The summed E-state index contributed by atoms with van der Waals surface area (Å²) in [4.78, 5) is 43.6. The first-order chi connectivity index (χ1) is 34.5. The zero-order valence-electron chi connectivity index (χ0n) is 40.3. The molecule has 2 saturated heterocycles. The molecule has 2 fully saturated rings. The molecule has 0 saturated carbocycles. The molecule has 5 atom stereocenters. The Labute approximate surface area is 416 Å². The molecule has 2 N–H and O–H groups in total. The van der Waals surface area contributed by atoms with Gasteiger partial charge in [0.1, 0.15) is 34.9 Å². The van der Waals surface area contributed by atoms with Gasteiger partial charge >= 0.3 is 17.8 Å². The molecule has 2 amide bonds. The van der Waals surface area contributed by atoms with Crippen LogP contribution in [0, 0.1) is 23.2 Å². The molecule has 5 aromatic rings. The first-order valence-electron chi connectivity index (χ1n) is 22.9. The maximum Gasteiger partial charge on any atom is 0.471 e. The normalized spacial score (nSPS) is 18.8. The molecule has 20 heteroatoms. The van der Waals surface area contributed by atoms with Crippen LogP contribution in [0.3, 0.4) is 0 Å². The van der Waals surface area contributed by atoms with E-state index in [1.165, 1.54) is 18.3 Å². The second kappa shape index (κ2) is 23.3. The number of methoxy groups -OCH3 is 2. The number of amides is 2. The zero-order valence-corrected chi connectivity index (χ0v) is 41.2. The molecule has 2 aliphatic rings. The number of hydrogen-bond donors (Lipinski definition) is 2. The van der Waals surface area contributed by atoms with Crippen LogP contribution in [-0.2, 0) is 33.7 Å². The van der Waals surface area contributed by atoms with Crippen molar-refractivity contribution in [2.75, 3.05) is 45.9 Å². The molecule has 4 aromatic carbocycles. The van der Waals surface area contributed by atoms with Crippen LogP contribution in [0.1, 0.15) is 73.0 Å². The van der Waals surface area contributed by atoms with Crippen molar-refractivity contribution in [3.63, 3.8) is 0 Å². The molecule has 0 radical (unpaired) electrons. The predicted molar refractivity (Wildman–Crippen MR) is 260 cm³/mol. The lowest BCUT2D eigenvalue weighted by Crippen LogP contribution is -2.49. The monoisotopic (exact) mass is 1010 g/mol. The summed E-state index contributed by atoms with van der Waals surface area (Å²) in [7, 11) is 1.18. The van der Waals surface area contributed by atoms with E-state index in [-0.39, 0.29) is 55.3 Å². The average molecular weight is 1010 g/mol. The van der Waals surface area contributed by atoms with E-state index in [1.54, 1.807) is 37.7 Å². The van der Waals surface area contributed by atoms with Crippen LogP contribution in [0.5, 0.6) is 11.5 Å². The Balaban J connectivity index is 1.36. The molecule has 1 unspecified atom stereocenters. The van der Waals surface area contributed by atoms with E-state index in [2.05, 4.69) is 28.2 Å². The molecule has 1 aromatic heterocycles. The third-order valence-corrected chi connectivity index (χ3v) is 14.0. The highest BCUT2D eigenvalue weighted by Crippen LogP contribution is 2.56. The Kier molecular flexibility index (Phi) is 17.2. The summed E-state index contributed by atoms with van der Waals surface area (Å²) in [6.45, 7) is 6.92. The molecule has 2 aliphatic heterocycles. The van der Waals surface area contributed by atoms with Gasteiger partial charge < -0.3 is 43.4 Å². The van der Waals surface area contributed by atoms with E-state index in [1.807, 2.05) is 111 Å². The quantitative estimate of drug-likeness (QED) is 0.0333. The van der Waals surface area contributed by atoms with E-state index in [0.717, 1.165) is 21.3 Å². The maximum atomic E-state index is 14.4. The standard InChI is InChI=1S/C52H54F3N6O10P/c1-34(2)61(35(3)4)72(69-30-14-28-56)71-44-43-47(60-31-37(17-13-29-57-48(63)52(53,54)55)45(59-49(60)64)58-46(62)36-15-9-7-10-16-36)70-50(44,32-67-43)33-68-51(38-18-11-8-12-19-38,39-20-24-41(65-5)25-21-39)40-22-26-42(66-6)27-23-40/h7-12,15-16,18-27,31,34-35,43-44,47H,14,29-30,32-33H2,1-6H3,(H,57,63)(H,58,59,62,64)/t43-,44+,47-,50-,72?/m1/s1. The highest BCUT2D eigenvalue weighted by atomic mass is 31.2. The number of carbonyl (C=O) groups excluding carboxylic acids is 2.